The van der Waals surface area contributed by atoms with Gasteiger partial charge in [0.25, 0.3) is 0 Å². The van der Waals surface area contributed by atoms with E-state index in [1.807, 2.05) is 18.2 Å². The maximum absolute atomic E-state index is 10.5. The van der Waals surface area contributed by atoms with Gasteiger partial charge in [0.2, 0.25) is 0 Å². The molecule has 0 bridgehead atoms. The van der Waals surface area contributed by atoms with Gasteiger partial charge in [-0.05, 0) is 43.7 Å². The normalized spacial score (nSPS) is 32.3. The van der Waals surface area contributed by atoms with Gasteiger partial charge in [0.15, 0.2) is 0 Å². The topological polar surface area (TPSA) is 29.5 Å². The van der Waals surface area contributed by atoms with Crippen molar-refractivity contribution in [2.24, 2.45) is 5.92 Å². The molecule has 116 valence electrons. The zero-order valence-corrected chi connectivity index (χ0v) is 14.4. The molecule has 1 saturated carbocycles. The first-order valence-electron chi connectivity index (χ1n) is 8.28. The first-order valence-corrected chi connectivity index (χ1v) is 9.08. The Kier molecular flexibility index (Phi) is 4.60. The molecule has 1 aromatic carbocycles. The zero-order chi connectivity index (χ0) is 14.9. The molecule has 2 aliphatic rings. The summed E-state index contributed by atoms with van der Waals surface area (Å²) in [4.78, 5) is 0. The number of ether oxygens (including phenoxy) is 1. The number of aliphatic hydroxyl groups excluding tert-OH is 1. The molecule has 1 heterocycles. The Labute approximate surface area is 136 Å². The van der Waals surface area contributed by atoms with Crippen molar-refractivity contribution >= 4 is 15.9 Å². The van der Waals surface area contributed by atoms with Gasteiger partial charge in [-0.2, -0.15) is 0 Å². The van der Waals surface area contributed by atoms with Crippen LogP contribution in [0.4, 0.5) is 0 Å². The minimum Gasteiger partial charge on any atom is -0.487 e. The van der Waals surface area contributed by atoms with E-state index in [1.54, 1.807) is 0 Å². The molecule has 0 amide bonds. The summed E-state index contributed by atoms with van der Waals surface area (Å²) in [5, 5.41) is 10.5. The summed E-state index contributed by atoms with van der Waals surface area (Å²) in [6, 6.07) is 5.97. The van der Waals surface area contributed by atoms with Crippen LogP contribution in [0, 0.1) is 5.92 Å². The molecule has 1 N–H and O–H groups in total. The average molecular weight is 353 g/mol. The summed E-state index contributed by atoms with van der Waals surface area (Å²) < 4.78 is 7.44. The summed E-state index contributed by atoms with van der Waals surface area (Å²) in [5.74, 6) is 1.72. The van der Waals surface area contributed by atoms with Crippen LogP contribution in [0.2, 0.25) is 0 Å². The molecule has 3 rings (SSSR count). The van der Waals surface area contributed by atoms with E-state index in [-0.39, 0.29) is 11.7 Å². The summed E-state index contributed by atoms with van der Waals surface area (Å²) in [5.41, 5.74) is 0.800. The van der Waals surface area contributed by atoms with Gasteiger partial charge in [-0.15, -0.1) is 0 Å². The van der Waals surface area contributed by atoms with E-state index in [1.165, 1.54) is 32.1 Å². The summed E-state index contributed by atoms with van der Waals surface area (Å²) in [6.45, 7) is 2.27. The fourth-order valence-electron chi connectivity index (χ4n) is 4.06. The maximum atomic E-state index is 10.5. The van der Waals surface area contributed by atoms with Crippen molar-refractivity contribution in [2.75, 3.05) is 0 Å². The molecule has 0 radical (unpaired) electrons. The lowest BCUT2D eigenvalue weighted by Gasteiger charge is -2.40. The molecular formula is C18H25BrO2. The smallest absolute Gasteiger partial charge is 0.127 e. The van der Waals surface area contributed by atoms with Crippen LogP contribution < -0.4 is 4.74 Å². The second-order valence-electron chi connectivity index (χ2n) is 6.77. The van der Waals surface area contributed by atoms with Gasteiger partial charge in [-0.3, -0.25) is 0 Å². The van der Waals surface area contributed by atoms with E-state index in [4.69, 9.17) is 4.74 Å². The van der Waals surface area contributed by atoms with E-state index < -0.39 is 0 Å². The summed E-state index contributed by atoms with van der Waals surface area (Å²) in [6.07, 6.45) is 8.92. The molecular weight excluding hydrogens is 328 g/mol. The molecule has 21 heavy (non-hydrogen) atoms. The Balaban J connectivity index is 1.80. The monoisotopic (exact) mass is 352 g/mol. The number of fused-ring (bicyclic) bond motifs is 1. The predicted octanol–water partition coefficient (Wildman–Crippen LogP) is 5.38. The molecule has 1 aromatic rings. The largest absolute Gasteiger partial charge is 0.487 e. The van der Waals surface area contributed by atoms with Gasteiger partial charge >= 0.3 is 0 Å². The lowest BCUT2D eigenvalue weighted by Crippen LogP contribution is -2.40. The average Bonchev–Trinajstić information content (AvgIpc) is 2.62. The van der Waals surface area contributed by atoms with Gasteiger partial charge in [0.05, 0.1) is 6.10 Å². The van der Waals surface area contributed by atoms with E-state index >= 15 is 0 Å². The molecule has 2 nitrogen and oxygen atoms in total. The minimum absolute atomic E-state index is 0.143. The van der Waals surface area contributed by atoms with Crippen molar-refractivity contribution in [3.05, 3.63) is 28.2 Å². The Morgan fingerprint density at radius 1 is 1.33 bits per heavy atom. The van der Waals surface area contributed by atoms with E-state index in [9.17, 15) is 5.11 Å². The fraction of sp³-hybridized carbons (Fsp3) is 0.667. The van der Waals surface area contributed by atoms with Crippen LogP contribution in [0.1, 0.15) is 70.0 Å². The van der Waals surface area contributed by atoms with Crippen LogP contribution in [0.15, 0.2) is 22.7 Å². The van der Waals surface area contributed by atoms with Crippen LogP contribution in [-0.2, 0) is 0 Å². The van der Waals surface area contributed by atoms with Gasteiger partial charge in [-0.1, -0.05) is 48.2 Å². The third-order valence-electron chi connectivity index (χ3n) is 5.18. The van der Waals surface area contributed by atoms with Crippen LogP contribution >= 0.6 is 15.9 Å². The molecule has 1 fully saturated rings. The molecule has 0 aromatic heterocycles. The quantitative estimate of drug-likeness (QED) is 0.773. The lowest BCUT2D eigenvalue weighted by atomic mass is 9.83. The molecule has 0 saturated heterocycles. The lowest BCUT2D eigenvalue weighted by molar-refractivity contribution is -0.0251. The predicted molar refractivity (Wildman–Crippen MR) is 88.6 cm³/mol. The zero-order valence-electron chi connectivity index (χ0n) is 12.8. The molecule has 3 unspecified atom stereocenters. The highest BCUT2D eigenvalue weighted by Gasteiger charge is 2.41. The Morgan fingerprint density at radius 3 is 3.00 bits per heavy atom. The fourth-order valence-corrected chi connectivity index (χ4v) is 4.40. The highest BCUT2D eigenvalue weighted by atomic mass is 79.9. The van der Waals surface area contributed by atoms with E-state index in [0.717, 1.165) is 41.0 Å². The molecule has 1 aliphatic heterocycles. The molecule has 3 atom stereocenters. The van der Waals surface area contributed by atoms with E-state index in [0.29, 0.717) is 0 Å². The number of hydrogen-bond acceptors (Lipinski definition) is 2. The van der Waals surface area contributed by atoms with Crippen molar-refractivity contribution < 1.29 is 9.84 Å². The number of halogens is 1. The maximum Gasteiger partial charge on any atom is 0.127 e. The van der Waals surface area contributed by atoms with Crippen molar-refractivity contribution in [3.63, 3.8) is 0 Å². The SMILES string of the molecule is CCCC1CCCC2(CC1)CC(O)c1ccc(Br)cc1O2. The van der Waals surface area contributed by atoms with Crippen LogP contribution in [-0.4, -0.2) is 10.7 Å². The van der Waals surface area contributed by atoms with Gasteiger partial charge < -0.3 is 9.84 Å². The number of hydrogen-bond donors (Lipinski definition) is 1. The van der Waals surface area contributed by atoms with Gasteiger partial charge in [0.1, 0.15) is 11.4 Å². The Morgan fingerprint density at radius 2 is 2.19 bits per heavy atom. The van der Waals surface area contributed by atoms with Crippen LogP contribution in [0.25, 0.3) is 0 Å². The second-order valence-corrected chi connectivity index (χ2v) is 7.69. The van der Waals surface area contributed by atoms with Crippen molar-refractivity contribution in [3.8, 4) is 5.75 Å². The number of aliphatic hydroxyl groups is 1. The standard InChI is InChI=1S/C18H25BrO2/c1-2-4-13-5-3-9-18(10-8-13)12-16(20)15-7-6-14(19)11-17(15)21-18/h6-7,11,13,16,20H,2-5,8-10,12H2,1H3. The third kappa shape index (κ3) is 3.29. The van der Waals surface area contributed by atoms with Crippen molar-refractivity contribution in [1.82, 2.24) is 0 Å². The highest BCUT2D eigenvalue weighted by Crippen LogP contribution is 2.47. The van der Waals surface area contributed by atoms with Crippen molar-refractivity contribution in [2.45, 2.75) is 70.0 Å². The number of rotatable bonds is 2. The molecule has 1 spiro atoms. The van der Waals surface area contributed by atoms with Crippen LogP contribution in [0.5, 0.6) is 5.75 Å². The first-order chi connectivity index (χ1) is 10.1. The minimum atomic E-state index is -0.385. The van der Waals surface area contributed by atoms with Gasteiger partial charge in [0, 0.05) is 16.5 Å². The third-order valence-corrected chi connectivity index (χ3v) is 5.67. The van der Waals surface area contributed by atoms with Crippen molar-refractivity contribution in [1.29, 1.82) is 0 Å². The summed E-state index contributed by atoms with van der Waals surface area (Å²) >= 11 is 3.51. The highest BCUT2D eigenvalue weighted by molar-refractivity contribution is 9.10. The van der Waals surface area contributed by atoms with E-state index in [2.05, 4.69) is 22.9 Å². The Hall–Kier alpha value is -0.540. The Bertz CT molecular complexity index is 502. The summed E-state index contributed by atoms with van der Waals surface area (Å²) in [7, 11) is 0. The second kappa shape index (κ2) is 6.29. The molecule has 1 aliphatic carbocycles. The number of benzene rings is 1. The molecule has 3 heteroatoms. The van der Waals surface area contributed by atoms with Gasteiger partial charge in [-0.25, -0.2) is 0 Å². The first kappa shape index (κ1) is 15.4. The van der Waals surface area contributed by atoms with Crippen LogP contribution in [0.3, 0.4) is 0 Å².